The second-order valence-corrected chi connectivity index (χ2v) is 6.86. The second kappa shape index (κ2) is 6.02. The Kier molecular flexibility index (Phi) is 4.59. The molecule has 2 unspecified atom stereocenters. The summed E-state index contributed by atoms with van der Waals surface area (Å²) in [7, 11) is -3.39. The lowest BCUT2D eigenvalue weighted by molar-refractivity contribution is 0.204. The number of aromatic amines is 1. The maximum absolute atomic E-state index is 12.4. The first-order chi connectivity index (χ1) is 9.09. The van der Waals surface area contributed by atoms with Gasteiger partial charge in [0, 0.05) is 25.3 Å². The van der Waals surface area contributed by atoms with Crippen molar-refractivity contribution in [1.82, 2.24) is 19.8 Å². The molecule has 0 radical (unpaired) electrons. The van der Waals surface area contributed by atoms with Crippen LogP contribution in [0.25, 0.3) is 0 Å². The van der Waals surface area contributed by atoms with Crippen molar-refractivity contribution in [2.75, 3.05) is 19.6 Å². The number of piperidine rings is 1. The summed E-state index contributed by atoms with van der Waals surface area (Å²) in [6.07, 6.45) is 4.65. The van der Waals surface area contributed by atoms with E-state index in [1.54, 1.807) is 4.31 Å². The highest BCUT2D eigenvalue weighted by Gasteiger charge is 2.34. The van der Waals surface area contributed by atoms with Crippen LogP contribution in [0.5, 0.6) is 0 Å². The van der Waals surface area contributed by atoms with Gasteiger partial charge in [0.25, 0.3) is 0 Å². The van der Waals surface area contributed by atoms with Gasteiger partial charge in [-0.1, -0.05) is 20.3 Å². The molecule has 0 spiro atoms. The molecule has 0 saturated carbocycles. The number of hydrogen-bond acceptors (Lipinski definition) is 4. The topological polar surface area (TPSA) is 78.1 Å². The van der Waals surface area contributed by atoms with Crippen molar-refractivity contribution >= 4 is 10.0 Å². The largest absolute Gasteiger partial charge is 0.314 e. The van der Waals surface area contributed by atoms with Gasteiger partial charge in [0.05, 0.1) is 6.20 Å². The van der Waals surface area contributed by atoms with E-state index in [1.807, 2.05) is 0 Å². The van der Waals surface area contributed by atoms with E-state index in [4.69, 9.17) is 0 Å². The van der Waals surface area contributed by atoms with Crippen molar-refractivity contribution in [2.24, 2.45) is 5.92 Å². The summed E-state index contributed by atoms with van der Waals surface area (Å²) < 4.78 is 26.4. The van der Waals surface area contributed by atoms with E-state index in [-0.39, 0.29) is 4.90 Å². The second-order valence-electron chi connectivity index (χ2n) is 4.92. The van der Waals surface area contributed by atoms with Crippen LogP contribution in [0.3, 0.4) is 0 Å². The molecule has 1 fully saturated rings. The summed E-state index contributed by atoms with van der Waals surface area (Å²) in [4.78, 5) is 0.254. The summed E-state index contributed by atoms with van der Waals surface area (Å²) in [5, 5.41) is 9.74. The maximum Gasteiger partial charge on any atom is 0.246 e. The van der Waals surface area contributed by atoms with Gasteiger partial charge >= 0.3 is 0 Å². The molecule has 0 aromatic carbocycles. The summed E-state index contributed by atoms with van der Waals surface area (Å²) >= 11 is 0. The Morgan fingerprint density at radius 2 is 2.32 bits per heavy atom. The van der Waals surface area contributed by atoms with E-state index in [2.05, 4.69) is 29.4 Å². The number of H-pyrrole nitrogens is 1. The number of nitrogens with zero attached hydrogens (tertiary/aromatic N) is 2. The minimum absolute atomic E-state index is 0.254. The van der Waals surface area contributed by atoms with Crippen molar-refractivity contribution in [3.63, 3.8) is 0 Å². The normalized spacial score (nSPS) is 25.6. The minimum atomic E-state index is -3.39. The molecule has 0 bridgehead atoms. The van der Waals surface area contributed by atoms with Gasteiger partial charge in [0.15, 0.2) is 0 Å². The molecule has 0 amide bonds. The molecule has 19 heavy (non-hydrogen) atoms. The SMILES string of the molecule is CCNC1CCN(S(=O)(=O)c2cn[nH]c2)CC1CC. The number of sulfonamides is 1. The minimum Gasteiger partial charge on any atom is -0.314 e. The van der Waals surface area contributed by atoms with Gasteiger partial charge in [0.2, 0.25) is 10.0 Å². The lowest BCUT2D eigenvalue weighted by atomic mass is 9.91. The molecule has 2 rings (SSSR count). The summed E-state index contributed by atoms with van der Waals surface area (Å²) in [5.41, 5.74) is 0. The molecule has 2 N–H and O–H groups in total. The third-order valence-corrected chi connectivity index (χ3v) is 5.63. The Morgan fingerprint density at radius 3 is 2.89 bits per heavy atom. The highest BCUT2D eigenvalue weighted by Crippen LogP contribution is 2.25. The molecule has 1 aromatic heterocycles. The number of nitrogens with one attached hydrogen (secondary N) is 2. The first-order valence-electron chi connectivity index (χ1n) is 6.81. The van der Waals surface area contributed by atoms with Crippen LogP contribution in [0.2, 0.25) is 0 Å². The first kappa shape index (κ1) is 14.5. The van der Waals surface area contributed by atoms with E-state index in [9.17, 15) is 8.42 Å². The quantitative estimate of drug-likeness (QED) is 0.839. The standard InChI is InChI=1S/C12H22N4O2S/c1-3-10-9-16(6-5-12(10)13-4-2)19(17,18)11-7-14-15-8-11/h7-8,10,12-13H,3-6,9H2,1-2H3,(H,14,15). The van der Waals surface area contributed by atoms with Gasteiger partial charge in [-0.2, -0.15) is 9.40 Å². The zero-order chi connectivity index (χ0) is 13.9. The van der Waals surface area contributed by atoms with Crippen LogP contribution >= 0.6 is 0 Å². The molecule has 2 heterocycles. The lowest BCUT2D eigenvalue weighted by Gasteiger charge is -2.37. The molecule has 1 aromatic rings. The number of rotatable bonds is 5. The van der Waals surface area contributed by atoms with Crippen molar-refractivity contribution in [3.05, 3.63) is 12.4 Å². The third-order valence-electron chi connectivity index (χ3n) is 3.80. The molecule has 0 aliphatic carbocycles. The van der Waals surface area contributed by atoms with Crippen LogP contribution in [-0.4, -0.2) is 48.6 Å². The summed E-state index contributed by atoms with van der Waals surface area (Å²) in [5.74, 6) is 0.371. The highest BCUT2D eigenvalue weighted by molar-refractivity contribution is 7.89. The van der Waals surface area contributed by atoms with Crippen LogP contribution in [0.4, 0.5) is 0 Å². The molecule has 1 aliphatic heterocycles. The van der Waals surface area contributed by atoms with E-state index in [1.165, 1.54) is 12.4 Å². The van der Waals surface area contributed by atoms with Crippen molar-refractivity contribution in [2.45, 2.75) is 37.6 Å². The van der Waals surface area contributed by atoms with Crippen molar-refractivity contribution in [1.29, 1.82) is 0 Å². The van der Waals surface area contributed by atoms with E-state index >= 15 is 0 Å². The van der Waals surface area contributed by atoms with Gasteiger partial charge < -0.3 is 5.32 Å². The van der Waals surface area contributed by atoms with Crippen LogP contribution in [0.1, 0.15) is 26.7 Å². The number of aromatic nitrogens is 2. The fraction of sp³-hybridized carbons (Fsp3) is 0.750. The van der Waals surface area contributed by atoms with Crippen LogP contribution in [0.15, 0.2) is 17.3 Å². The Morgan fingerprint density at radius 1 is 1.53 bits per heavy atom. The predicted molar refractivity (Wildman–Crippen MR) is 73.2 cm³/mol. The number of hydrogen-bond donors (Lipinski definition) is 2. The average molecular weight is 286 g/mol. The molecular weight excluding hydrogens is 264 g/mol. The van der Waals surface area contributed by atoms with Crippen molar-refractivity contribution in [3.8, 4) is 0 Å². The Hall–Kier alpha value is -0.920. The molecule has 1 aliphatic rings. The summed E-state index contributed by atoms with van der Waals surface area (Å²) in [6, 6.07) is 0.422. The molecule has 7 heteroatoms. The zero-order valence-corrected chi connectivity index (χ0v) is 12.3. The fourth-order valence-electron chi connectivity index (χ4n) is 2.69. The van der Waals surface area contributed by atoms with E-state index in [0.717, 1.165) is 19.4 Å². The van der Waals surface area contributed by atoms with Gasteiger partial charge in [-0.15, -0.1) is 0 Å². The fourth-order valence-corrected chi connectivity index (χ4v) is 4.11. The van der Waals surface area contributed by atoms with Crippen molar-refractivity contribution < 1.29 is 8.42 Å². The Balaban J connectivity index is 2.12. The van der Waals surface area contributed by atoms with Crippen LogP contribution in [-0.2, 0) is 10.0 Å². The predicted octanol–water partition coefficient (Wildman–Crippen LogP) is 0.808. The molecular formula is C12H22N4O2S. The Bertz CT molecular complexity index is 486. The van der Waals surface area contributed by atoms with Gasteiger partial charge in [0.1, 0.15) is 4.90 Å². The monoisotopic (exact) mass is 286 g/mol. The molecule has 2 atom stereocenters. The van der Waals surface area contributed by atoms with E-state index < -0.39 is 10.0 Å². The van der Waals surface area contributed by atoms with Crippen LogP contribution in [0, 0.1) is 5.92 Å². The average Bonchev–Trinajstić information content (AvgIpc) is 2.94. The lowest BCUT2D eigenvalue weighted by Crippen LogP contribution is -2.50. The molecule has 1 saturated heterocycles. The van der Waals surface area contributed by atoms with Crippen LogP contribution < -0.4 is 5.32 Å². The summed E-state index contributed by atoms with van der Waals surface area (Å²) in [6.45, 7) is 6.28. The van der Waals surface area contributed by atoms with Gasteiger partial charge in [-0.25, -0.2) is 8.42 Å². The van der Waals surface area contributed by atoms with Gasteiger partial charge in [-0.3, -0.25) is 5.10 Å². The molecule has 108 valence electrons. The van der Waals surface area contributed by atoms with Gasteiger partial charge in [-0.05, 0) is 18.9 Å². The molecule has 6 nitrogen and oxygen atoms in total. The maximum atomic E-state index is 12.4. The smallest absolute Gasteiger partial charge is 0.246 e. The zero-order valence-electron chi connectivity index (χ0n) is 11.5. The third kappa shape index (κ3) is 2.98. The highest BCUT2D eigenvalue weighted by atomic mass is 32.2. The van der Waals surface area contributed by atoms with E-state index in [0.29, 0.717) is 25.0 Å². The Labute approximate surface area is 114 Å². The first-order valence-corrected chi connectivity index (χ1v) is 8.25.